The third kappa shape index (κ3) is 5.79. The van der Waals surface area contributed by atoms with Crippen molar-refractivity contribution in [3.8, 4) is 28.7 Å². The van der Waals surface area contributed by atoms with Crippen molar-refractivity contribution in [1.82, 2.24) is 0 Å². The van der Waals surface area contributed by atoms with Gasteiger partial charge in [-0.15, -0.1) is 11.8 Å². The molecule has 0 spiro atoms. The standard InChI is InChI=1S/C31H40O5SSi/c1-31(2,3)38(7,8)36-28-23(16-17-26(33-5)29(28)34-6)25-19-35-27-18-22(32-4)14-15-24(27)30(25)37-20-21-12-10-9-11-13-21/h9-18,25,30H,19-20H2,1-8H3/t25-,30+/m1/s1. The molecule has 1 heterocycles. The number of benzene rings is 3. The van der Waals surface area contributed by atoms with Crippen molar-refractivity contribution in [3.63, 3.8) is 0 Å². The van der Waals surface area contributed by atoms with Gasteiger partial charge in [0.15, 0.2) is 11.5 Å². The second-order valence-electron chi connectivity index (χ2n) is 11.1. The van der Waals surface area contributed by atoms with Crippen molar-refractivity contribution in [2.24, 2.45) is 0 Å². The Morgan fingerprint density at radius 2 is 1.58 bits per heavy atom. The van der Waals surface area contributed by atoms with E-state index in [0.717, 1.165) is 34.1 Å². The van der Waals surface area contributed by atoms with Crippen molar-refractivity contribution in [1.29, 1.82) is 0 Å². The van der Waals surface area contributed by atoms with Gasteiger partial charge < -0.3 is 23.4 Å². The number of hydrogen-bond acceptors (Lipinski definition) is 6. The van der Waals surface area contributed by atoms with Gasteiger partial charge in [0.1, 0.15) is 11.5 Å². The highest BCUT2D eigenvalue weighted by Crippen LogP contribution is 2.55. The summed E-state index contributed by atoms with van der Waals surface area (Å²) < 4.78 is 30.5. The minimum atomic E-state index is -2.20. The van der Waals surface area contributed by atoms with Gasteiger partial charge in [0.05, 0.1) is 27.9 Å². The summed E-state index contributed by atoms with van der Waals surface area (Å²) in [6.07, 6.45) is 0. The van der Waals surface area contributed by atoms with Crippen LogP contribution in [0.4, 0.5) is 0 Å². The first-order valence-electron chi connectivity index (χ1n) is 13.0. The molecule has 1 aliphatic rings. The molecule has 0 radical (unpaired) electrons. The third-order valence-electron chi connectivity index (χ3n) is 7.68. The smallest absolute Gasteiger partial charge is 0.250 e. The van der Waals surface area contributed by atoms with Crippen LogP contribution in [0.2, 0.25) is 18.1 Å². The van der Waals surface area contributed by atoms with Crippen molar-refractivity contribution < 1.29 is 23.4 Å². The lowest BCUT2D eigenvalue weighted by Crippen LogP contribution is -2.44. The Hall–Kier alpha value is -2.77. The van der Waals surface area contributed by atoms with Crippen LogP contribution in [0.15, 0.2) is 60.7 Å². The average Bonchev–Trinajstić information content (AvgIpc) is 2.90. The summed E-state index contributed by atoms with van der Waals surface area (Å²) in [5, 5.41) is 0.163. The molecule has 0 saturated heterocycles. The van der Waals surface area contributed by atoms with Gasteiger partial charge in [-0.3, -0.25) is 0 Å². The molecule has 5 nitrogen and oxygen atoms in total. The first-order chi connectivity index (χ1) is 18.1. The Morgan fingerprint density at radius 3 is 2.21 bits per heavy atom. The molecule has 7 heteroatoms. The molecule has 0 fully saturated rings. The quantitative estimate of drug-likeness (QED) is 0.249. The second-order valence-corrected chi connectivity index (χ2v) is 17.0. The number of thioether (sulfide) groups is 1. The fourth-order valence-corrected chi connectivity index (χ4v) is 6.85. The van der Waals surface area contributed by atoms with Crippen LogP contribution in [-0.2, 0) is 5.75 Å². The molecule has 0 amide bonds. The maximum absolute atomic E-state index is 7.00. The van der Waals surface area contributed by atoms with E-state index in [2.05, 4.69) is 76.3 Å². The minimum Gasteiger partial charge on any atom is -0.541 e. The summed E-state index contributed by atoms with van der Waals surface area (Å²) in [5.41, 5.74) is 3.54. The largest absolute Gasteiger partial charge is 0.541 e. The van der Waals surface area contributed by atoms with Crippen LogP contribution in [0.5, 0.6) is 28.7 Å². The van der Waals surface area contributed by atoms with E-state index in [0.29, 0.717) is 18.1 Å². The van der Waals surface area contributed by atoms with Crippen LogP contribution in [0, 0.1) is 0 Å². The molecule has 204 valence electrons. The normalized spacial score (nSPS) is 17.3. The van der Waals surface area contributed by atoms with Crippen LogP contribution < -0.4 is 23.4 Å². The van der Waals surface area contributed by atoms with E-state index in [9.17, 15) is 0 Å². The van der Waals surface area contributed by atoms with E-state index in [4.69, 9.17) is 23.4 Å². The Balaban J connectivity index is 1.83. The predicted molar refractivity (Wildman–Crippen MR) is 159 cm³/mol. The van der Waals surface area contributed by atoms with Gasteiger partial charge in [0, 0.05) is 34.1 Å². The molecule has 0 aliphatic carbocycles. The van der Waals surface area contributed by atoms with E-state index in [1.54, 1.807) is 21.3 Å². The zero-order chi connectivity index (χ0) is 27.5. The topological polar surface area (TPSA) is 46.2 Å². The number of methoxy groups -OCH3 is 3. The Kier molecular flexibility index (Phi) is 8.57. The van der Waals surface area contributed by atoms with E-state index in [1.165, 1.54) is 5.56 Å². The first-order valence-corrected chi connectivity index (χ1v) is 17.0. The highest BCUT2D eigenvalue weighted by molar-refractivity contribution is 7.98. The Morgan fingerprint density at radius 1 is 0.868 bits per heavy atom. The number of hydrogen-bond donors (Lipinski definition) is 0. The summed E-state index contributed by atoms with van der Waals surface area (Å²) in [6.45, 7) is 11.8. The van der Waals surface area contributed by atoms with E-state index in [1.807, 2.05) is 30.0 Å². The fourth-order valence-electron chi connectivity index (χ4n) is 4.42. The number of fused-ring (bicyclic) bond motifs is 1. The molecule has 38 heavy (non-hydrogen) atoms. The molecular formula is C31H40O5SSi. The van der Waals surface area contributed by atoms with Crippen LogP contribution in [-0.4, -0.2) is 36.3 Å². The zero-order valence-corrected chi connectivity index (χ0v) is 25.6. The highest BCUT2D eigenvalue weighted by atomic mass is 32.2. The van der Waals surface area contributed by atoms with Gasteiger partial charge >= 0.3 is 0 Å². The monoisotopic (exact) mass is 552 g/mol. The van der Waals surface area contributed by atoms with Crippen LogP contribution in [0.25, 0.3) is 0 Å². The molecular weight excluding hydrogens is 512 g/mol. The SMILES string of the molecule is COc1ccc2c(c1)OC[C@H](c1ccc(OC)c(OC)c1O[Si](C)(C)C(C)(C)C)[C@H]2SCc1ccccc1. The first kappa shape index (κ1) is 28.2. The second kappa shape index (κ2) is 11.5. The maximum Gasteiger partial charge on any atom is 0.250 e. The lowest BCUT2D eigenvalue weighted by atomic mass is 9.88. The van der Waals surface area contributed by atoms with E-state index in [-0.39, 0.29) is 16.2 Å². The van der Waals surface area contributed by atoms with Crippen molar-refractivity contribution in [2.45, 2.75) is 55.8 Å². The lowest BCUT2D eigenvalue weighted by Gasteiger charge is -2.40. The Labute approximate surface area is 232 Å². The van der Waals surface area contributed by atoms with Crippen LogP contribution in [0.1, 0.15) is 48.6 Å². The van der Waals surface area contributed by atoms with E-state index >= 15 is 0 Å². The maximum atomic E-state index is 7.00. The van der Waals surface area contributed by atoms with Crippen LogP contribution in [0.3, 0.4) is 0 Å². The predicted octanol–water partition coefficient (Wildman–Crippen LogP) is 8.25. The van der Waals surface area contributed by atoms with E-state index < -0.39 is 8.32 Å². The molecule has 3 aromatic carbocycles. The minimum absolute atomic E-state index is 0.0199. The third-order valence-corrected chi connectivity index (χ3v) is 13.4. The Bertz CT molecular complexity index is 1240. The van der Waals surface area contributed by atoms with Gasteiger partial charge in [0.25, 0.3) is 8.32 Å². The molecule has 2 atom stereocenters. The lowest BCUT2D eigenvalue weighted by molar-refractivity contribution is 0.255. The fraction of sp³-hybridized carbons (Fsp3) is 0.419. The summed E-state index contributed by atoms with van der Waals surface area (Å²) in [6, 6.07) is 20.9. The molecule has 0 unspecified atom stereocenters. The molecule has 0 aromatic heterocycles. The van der Waals surface area contributed by atoms with Gasteiger partial charge in [-0.2, -0.15) is 0 Å². The molecule has 1 aliphatic heterocycles. The summed E-state index contributed by atoms with van der Waals surface area (Å²) >= 11 is 1.93. The molecule has 0 bridgehead atoms. The van der Waals surface area contributed by atoms with Gasteiger partial charge in [-0.25, -0.2) is 0 Å². The van der Waals surface area contributed by atoms with Crippen molar-refractivity contribution in [2.75, 3.05) is 27.9 Å². The summed E-state index contributed by atoms with van der Waals surface area (Å²) in [7, 11) is 2.83. The average molecular weight is 553 g/mol. The summed E-state index contributed by atoms with van der Waals surface area (Å²) in [5.74, 6) is 4.68. The summed E-state index contributed by atoms with van der Waals surface area (Å²) in [4.78, 5) is 0. The number of rotatable bonds is 9. The molecule has 4 rings (SSSR count). The van der Waals surface area contributed by atoms with Crippen molar-refractivity contribution in [3.05, 3.63) is 77.4 Å². The molecule has 0 saturated carbocycles. The molecule has 3 aromatic rings. The number of ether oxygens (including phenoxy) is 4. The van der Waals surface area contributed by atoms with Gasteiger partial charge in [-0.1, -0.05) is 63.2 Å². The van der Waals surface area contributed by atoms with Crippen molar-refractivity contribution >= 4 is 20.1 Å². The van der Waals surface area contributed by atoms with Crippen LogP contribution >= 0.6 is 11.8 Å². The van der Waals surface area contributed by atoms with Gasteiger partial charge in [0.2, 0.25) is 5.75 Å². The molecule has 0 N–H and O–H groups in total. The highest BCUT2D eigenvalue weighted by Gasteiger charge is 2.42. The van der Waals surface area contributed by atoms with Gasteiger partial charge in [-0.05, 0) is 35.8 Å². The zero-order valence-electron chi connectivity index (χ0n) is 23.8.